The number of fused-ring (bicyclic) bond motifs is 1. The molecular weight excluding hydrogens is 370 g/mol. The second-order valence-corrected chi connectivity index (χ2v) is 7.99. The summed E-state index contributed by atoms with van der Waals surface area (Å²) in [4.78, 5) is 38.2. The fourth-order valence-electron chi connectivity index (χ4n) is 4.10. The highest BCUT2D eigenvalue weighted by molar-refractivity contribution is 5.98. The predicted molar refractivity (Wildman–Crippen MR) is 106 cm³/mol. The standard InChI is InChI=1S/C21H25N5O3/c1-14-22-8-15(9-23-14)10-26-11-17(20(28)25(2)3)21(12-26)13-29-18-7-5-4-6-16(18)19(27)24-21/h4-9,17H,10-13H2,1-3H3,(H,24,27)/t17-,21-/m1/s1. The first kappa shape index (κ1) is 19.3. The van der Waals surface area contributed by atoms with Crippen LogP contribution in [0, 0.1) is 12.8 Å². The summed E-state index contributed by atoms with van der Waals surface area (Å²) in [6, 6.07) is 7.17. The largest absolute Gasteiger partial charge is 0.490 e. The number of hydrogen-bond donors (Lipinski definition) is 1. The van der Waals surface area contributed by atoms with Gasteiger partial charge in [0.1, 0.15) is 18.2 Å². The van der Waals surface area contributed by atoms with Crippen LogP contribution in [0.2, 0.25) is 0 Å². The van der Waals surface area contributed by atoms with E-state index in [0.717, 1.165) is 11.4 Å². The molecule has 0 saturated carbocycles. The minimum atomic E-state index is -0.803. The molecule has 1 aromatic carbocycles. The van der Waals surface area contributed by atoms with Gasteiger partial charge in [-0.05, 0) is 19.1 Å². The van der Waals surface area contributed by atoms with E-state index in [9.17, 15) is 9.59 Å². The molecule has 152 valence electrons. The molecule has 8 heteroatoms. The predicted octanol–water partition coefficient (Wildman–Crippen LogP) is 0.866. The molecule has 4 rings (SSSR count). The van der Waals surface area contributed by atoms with Gasteiger partial charge in [-0.25, -0.2) is 9.97 Å². The monoisotopic (exact) mass is 395 g/mol. The zero-order chi connectivity index (χ0) is 20.6. The van der Waals surface area contributed by atoms with Crippen molar-refractivity contribution in [1.29, 1.82) is 0 Å². The molecule has 1 fully saturated rings. The van der Waals surface area contributed by atoms with Crippen molar-refractivity contribution in [1.82, 2.24) is 25.1 Å². The average molecular weight is 395 g/mol. The minimum absolute atomic E-state index is 0.0255. The third-order valence-electron chi connectivity index (χ3n) is 5.57. The van der Waals surface area contributed by atoms with Crippen molar-refractivity contribution < 1.29 is 14.3 Å². The van der Waals surface area contributed by atoms with Crippen LogP contribution in [0.15, 0.2) is 36.7 Å². The van der Waals surface area contributed by atoms with Crippen LogP contribution >= 0.6 is 0 Å². The molecule has 1 spiro atoms. The molecule has 0 bridgehead atoms. The van der Waals surface area contributed by atoms with Crippen molar-refractivity contribution in [3.05, 3.63) is 53.6 Å². The Balaban J connectivity index is 1.63. The number of benzene rings is 1. The number of para-hydroxylation sites is 1. The van der Waals surface area contributed by atoms with E-state index < -0.39 is 11.5 Å². The summed E-state index contributed by atoms with van der Waals surface area (Å²) in [6.45, 7) is 3.70. The Bertz CT molecular complexity index is 930. The first-order valence-electron chi connectivity index (χ1n) is 9.63. The number of nitrogens with zero attached hydrogens (tertiary/aromatic N) is 4. The lowest BCUT2D eigenvalue weighted by molar-refractivity contribution is -0.134. The highest BCUT2D eigenvalue weighted by atomic mass is 16.5. The fraction of sp³-hybridized carbons (Fsp3) is 0.429. The van der Waals surface area contributed by atoms with E-state index in [4.69, 9.17) is 4.74 Å². The topological polar surface area (TPSA) is 87.7 Å². The summed E-state index contributed by atoms with van der Waals surface area (Å²) in [7, 11) is 3.47. The van der Waals surface area contributed by atoms with Crippen LogP contribution in [-0.2, 0) is 11.3 Å². The quantitative estimate of drug-likeness (QED) is 0.830. The molecule has 0 unspecified atom stereocenters. The van der Waals surface area contributed by atoms with Crippen LogP contribution in [0.1, 0.15) is 21.7 Å². The number of carbonyl (C=O) groups excluding carboxylic acids is 2. The Labute approximate surface area is 169 Å². The zero-order valence-electron chi connectivity index (χ0n) is 16.9. The van der Waals surface area contributed by atoms with Crippen molar-refractivity contribution in [3.8, 4) is 5.75 Å². The third-order valence-corrected chi connectivity index (χ3v) is 5.57. The molecular formula is C21H25N5O3. The maximum atomic E-state index is 13.0. The van der Waals surface area contributed by atoms with Gasteiger partial charge in [0.25, 0.3) is 5.91 Å². The molecule has 1 saturated heterocycles. The fourth-order valence-corrected chi connectivity index (χ4v) is 4.10. The Morgan fingerprint density at radius 3 is 2.76 bits per heavy atom. The number of nitrogens with one attached hydrogen (secondary N) is 1. The van der Waals surface area contributed by atoms with Gasteiger partial charge in [-0.1, -0.05) is 12.1 Å². The molecule has 2 aliphatic heterocycles. The van der Waals surface area contributed by atoms with E-state index >= 15 is 0 Å². The van der Waals surface area contributed by atoms with Gasteiger partial charge in [0, 0.05) is 51.7 Å². The number of aromatic nitrogens is 2. The number of aryl methyl sites for hydroxylation is 1. The highest BCUT2D eigenvalue weighted by Gasteiger charge is 2.53. The van der Waals surface area contributed by atoms with Gasteiger partial charge in [-0.3, -0.25) is 14.5 Å². The summed E-state index contributed by atoms with van der Waals surface area (Å²) < 4.78 is 6.03. The SMILES string of the molecule is Cc1ncc(CN2C[C@H](C(=O)N(C)C)[C@]3(COc4ccccc4C(=O)N3)C2)cn1. The lowest BCUT2D eigenvalue weighted by atomic mass is 9.86. The second kappa shape index (κ2) is 7.44. The Hall–Kier alpha value is -3.00. The van der Waals surface area contributed by atoms with Crippen molar-refractivity contribution in [2.45, 2.75) is 19.0 Å². The van der Waals surface area contributed by atoms with Gasteiger partial charge in [0.2, 0.25) is 5.91 Å². The number of likely N-dealkylation sites (tertiary alicyclic amines) is 1. The maximum Gasteiger partial charge on any atom is 0.255 e. The summed E-state index contributed by atoms with van der Waals surface area (Å²) in [5.74, 6) is 0.609. The summed E-state index contributed by atoms with van der Waals surface area (Å²) in [5, 5.41) is 3.14. The molecule has 29 heavy (non-hydrogen) atoms. The van der Waals surface area contributed by atoms with E-state index in [1.807, 2.05) is 13.0 Å². The van der Waals surface area contributed by atoms with Gasteiger partial charge in [-0.15, -0.1) is 0 Å². The zero-order valence-corrected chi connectivity index (χ0v) is 16.9. The number of amides is 2. The molecule has 0 radical (unpaired) electrons. The van der Waals surface area contributed by atoms with Gasteiger partial charge < -0.3 is 15.0 Å². The van der Waals surface area contributed by atoms with Crippen molar-refractivity contribution in [3.63, 3.8) is 0 Å². The average Bonchev–Trinajstić information content (AvgIpc) is 2.97. The summed E-state index contributed by atoms with van der Waals surface area (Å²) >= 11 is 0. The molecule has 2 amide bonds. The van der Waals surface area contributed by atoms with E-state index in [1.165, 1.54) is 0 Å². The van der Waals surface area contributed by atoms with Crippen LogP contribution in [-0.4, -0.2) is 70.9 Å². The summed E-state index contributed by atoms with van der Waals surface area (Å²) in [5.41, 5.74) is 0.655. The van der Waals surface area contributed by atoms with Gasteiger partial charge in [-0.2, -0.15) is 0 Å². The van der Waals surface area contributed by atoms with Gasteiger partial charge >= 0.3 is 0 Å². The van der Waals surface area contributed by atoms with Gasteiger partial charge in [0.05, 0.1) is 17.0 Å². The number of hydrogen-bond acceptors (Lipinski definition) is 6. The van der Waals surface area contributed by atoms with Crippen LogP contribution < -0.4 is 10.1 Å². The second-order valence-electron chi connectivity index (χ2n) is 7.99. The lowest BCUT2D eigenvalue weighted by Gasteiger charge is -2.34. The first-order chi connectivity index (χ1) is 13.9. The van der Waals surface area contributed by atoms with Crippen molar-refractivity contribution >= 4 is 11.8 Å². The minimum Gasteiger partial charge on any atom is -0.490 e. The molecule has 2 aromatic rings. The Morgan fingerprint density at radius 1 is 1.31 bits per heavy atom. The smallest absolute Gasteiger partial charge is 0.255 e. The summed E-state index contributed by atoms with van der Waals surface area (Å²) in [6.07, 6.45) is 3.60. The molecule has 0 aliphatic carbocycles. The van der Waals surface area contributed by atoms with Crippen LogP contribution in [0.4, 0.5) is 0 Å². The van der Waals surface area contributed by atoms with E-state index in [1.54, 1.807) is 49.6 Å². The van der Waals surface area contributed by atoms with Crippen molar-refractivity contribution in [2.75, 3.05) is 33.8 Å². The first-order valence-corrected chi connectivity index (χ1v) is 9.63. The molecule has 3 heterocycles. The molecule has 8 nitrogen and oxygen atoms in total. The number of carbonyl (C=O) groups is 2. The normalized spacial score (nSPS) is 23.8. The molecule has 2 atom stereocenters. The van der Waals surface area contributed by atoms with Gasteiger partial charge in [0.15, 0.2) is 0 Å². The number of rotatable bonds is 3. The Kier molecular flexibility index (Phi) is 4.96. The highest BCUT2D eigenvalue weighted by Crippen LogP contribution is 2.34. The van der Waals surface area contributed by atoms with Crippen LogP contribution in [0.5, 0.6) is 5.75 Å². The molecule has 1 aromatic heterocycles. The van der Waals surface area contributed by atoms with Crippen LogP contribution in [0.25, 0.3) is 0 Å². The molecule has 1 N–H and O–H groups in total. The van der Waals surface area contributed by atoms with Crippen LogP contribution in [0.3, 0.4) is 0 Å². The maximum absolute atomic E-state index is 13.0. The van der Waals surface area contributed by atoms with E-state index in [0.29, 0.717) is 30.9 Å². The van der Waals surface area contributed by atoms with E-state index in [-0.39, 0.29) is 18.4 Å². The number of ether oxygens (including phenoxy) is 1. The Morgan fingerprint density at radius 2 is 2.03 bits per heavy atom. The molecule has 2 aliphatic rings. The van der Waals surface area contributed by atoms with E-state index in [2.05, 4.69) is 20.2 Å². The third kappa shape index (κ3) is 3.67. The van der Waals surface area contributed by atoms with Crippen molar-refractivity contribution in [2.24, 2.45) is 5.92 Å². The lowest BCUT2D eigenvalue weighted by Crippen LogP contribution is -2.60.